The minimum atomic E-state index is -4.60. The van der Waals surface area contributed by atoms with Crippen molar-refractivity contribution in [1.29, 1.82) is 0 Å². The van der Waals surface area contributed by atoms with Crippen LogP contribution in [0.15, 0.2) is 18.2 Å². The standard InChI is InChI=1S/C14H14ClF3N2O2/c15-9-1-2-12(11(7-9)14(16,17)18)19-13(22)8-20-5-3-10(21)4-6-20/h1-2,7H,3-6,8H2,(H,19,22)/p+1. The number of alkyl halides is 3. The number of Topliss-reactive ketones (excluding diaryl/α,β-unsaturated/α-hetero) is 1. The number of hydrogen-bond donors (Lipinski definition) is 2. The van der Waals surface area contributed by atoms with E-state index >= 15 is 0 Å². The highest BCUT2D eigenvalue weighted by atomic mass is 35.5. The molecule has 1 aliphatic rings. The Morgan fingerprint density at radius 3 is 2.50 bits per heavy atom. The van der Waals surface area contributed by atoms with E-state index in [1.54, 1.807) is 0 Å². The van der Waals surface area contributed by atoms with Crippen molar-refractivity contribution in [3.8, 4) is 0 Å². The maximum atomic E-state index is 12.9. The molecule has 1 fully saturated rings. The van der Waals surface area contributed by atoms with Gasteiger partial charge in [-0.3, -0.25) is 9.59 Å². The highest BCUT2D eigenvalue weighted by Gasteiger charge is 2.34. The van der Waals surface area contributed by atoms with Crippen LogP contribution in [0.4, 0.5) is 18.9 Å². The van der Waals surface area contributed by atoms with E-state index in [0.717, 1.165) is 17.0 Å². The van der Waals surface area contributed by atoms with E-state index in [4.69, 9.17) is 11.6 Å². The van der Waals surface area contributed by atoms with E-state index < -0.39 is 17.6 Å². The zero-order chi connectivity index (χ0) is 16.3. The Balaban J connectivity index is 2.04. The summed E-state index contributed by atoms with van der Waals surface area (Å²) < 4.78 is 38.8. The molecule has 0 aliphatic carbocycles. The van der Waals surface area contributed by atoms with E-state index in [1.807, 2.05) is 0 Å². The lowest BCUT2D eigenvalue weighted by Crippen LogP contribution is -3.14. The van der Waals surface area contributed by atoms with Crippen molar-refractivity contribution in [2.45, 2.75) is 19.0 Å². The van der Waals surface area contributed by atoms with Crippen molar-refractivity contribution < 1.29 is 27.7 Å². The summed E-state index contributed by atoms with van der Waals surface area (Å²) in [5.41, 5.74) is -1.29. The number of benzene rings is 1. The van der Waals surface area contributed by atoms with E-state index in [2.05, 4.69) is 5.32 Å². The lowest BCUT2D eigenvalue weighted by atomic mass is 10.1. The van der Waals surface area contributed by atoms with Gasteiger partial charge in [0.15, 0.2) is 6.54 Å². The van der Waals surface area contributed by atoms with Gasteiger partial charge >= 0.3 is 6.18 Å². The van der Waals surface area contributed by atoms with E-state index in [9.17, 15) is 22.8 Å². The average molecular weight is 336 g/mol. The topological polar surface area (TPSA) is 50.6 Å². The first kappa shape index (κ1) is 16.8. The van der Waals surface area contributed by atoms with Gasteiger partial charge in [-0.15, -0.1) is 0 Å². The molecule has 0 saturated carbocycles. The summed E-state index contributed by atoms with van der Waals surface area (Å²) in [4.78, 5) is 23.9. The number of piperidine rings is 1. The van der Waals surface area contributed by atoms with Crippen LogP contribution in [0.1, 0.15) is 18.4 Å². The molecule has 0 atom stereocenters. The van der Waals surface area contributed by atoms with Gasteiger partial charge in [0.2, 0.25) is 0 Å². The van der Waals surface area contributed by atoms with E-state index in [0.29, 0.717) is 25.9 Å². The van der Waals surface area contributed by atoms with Gasteiger partial charge in [0.1, 0.15) is 5.78 Å². The van der Waals surface area contributed by atoms with Crippen LogP contribution in [0, 0.1) is 0 Å². The SMILES string of the molecule is O=C1CC[NH+](CC(=O)Nc2ccc(Cl)cc2C(F)(F)F)CC1. The third kappa shape index (κ3) is 4.45. The molecule has 4 nitrogen and oxygen atoms in total. The Labute approximate surface area is 130 Å². The molecule has 22 heavy (non-hydrogen) atoms. The first-order valence-electron chi connectivity index (χ1n) is 6.77. The third-order valence-electron chi connectivity index (χ3n) is 3.49. The molecule has 2 N–H and O–H groups in total. The number of ketones is 1. The summed E-state index contributed by atoms with van der Waals surface area (Å²) in [6, 6.07) is 3.21. The zero-order valence-electron chi connectivity index (χ0n) is 11.6. The Morgan fingerprint density at radius 1 is 1.27 bits per heavy atom. The van der Waals surface area contributed by atoms with Gasteiger partial charge in [0.25, 0.3) is 5.91 Å². The monoisotopic (exact) mass is 335 g/mol. The third-order valence-corrected chi connectivity index (χ3v) is 3.72. The lowest BCUT2D eigenvalue weighted by molar-refractivity contribution is -0.893. The normalized spacial score (nSPS) is 16.6. The van der Waals surface area contributed by atoms with Crippen LogP contribution in [0.2, 0.25) is 5.02 Å². The Bertz CT molecular complexity index is 580. The highest BCUT2D eigenvalue weighted by Crippen LogP contribution is 2.36. The number of likely N-dealkylation sites (tertiary alicyclic amines) is 1. The van der Waals surface area contributed by atoms with Crippen LogP contribution in [0.5, 0.6) is 0 Å². The summed E-state index contributed by atoms with van der Waals surface area (Å²) in [5.74, 6) is -0.363. The number of quaternary nitrogens is 1. The maximum Gasteiger partial charge on any atom is 0.418 e. The minimum absolute atomic E-state index is 0.0349. The van der Waals surface area contributed by atoms with E-state index in [1.165, 1.54) is 6.07 Å². The first-order valence-corrected chi connectivity index (χ1v) is 7.15. The number of rotatable bonds is 3. The molecule has 8 heteroatoms. The van der Waals surface area contributed by atoms with Gasteiger partial charge in [0.05, 0.1) is 37.2 Å². The number of anilines is 1. The van der Waals surface area contributed by atoms with Crippen molar-refractivity contribution in [1.82, 2.24) is 0 Å². The summed E-state index contributed by atoms with van der Waals surface area (Å²) in [6.45, 7) is 1.09. The fourth-order valence-electron chi connectivity index (χ4n) is 2.34. The molecule has 0 radical (unpaired) electrons. The number of carbonyl (C=O) groups excluding carboxylic acids is 2. The van der Waals surface area contributed by atoms with Gasteiger partial charge < -0.3 is 10.2 Å². The molecule has 1 amide bonds. The summed E-state index contributed by atoms with van der Waals surface area (Å²) in [5, 5.41) is 2.23. The zero-order valence-corrected chi connectivity index (χ0v) is 12.4. The predicted octanol–water partition coefficient (Wildman–Crippen LogP) is 1.55. The summed E-state index contributed by atoms with van der Waals surface area (Å²) in [7, 11) is 0. The van der Waals surface area contributed by atoms with E-state index in [-0.39, 0.29) is 23.0 Å². The van der Waals surface area contributed by atoms with Gasteiger partial charge in [-0.25, -0.2) is 0 Å². The van der Waals surface area contributed by atoms with Crippen molar-refractivity contribution in [2.75, 3.05) is 25.0 Å². The summed E-state index contributed by atoms with van der Waals surface area (Å²) >= 11 is 5.58. The fourth-order valence-corrected chi connectivity index (χ4v) is 2.51. The first-order chi connectivity index (χ1) is 10.3. The predicted molar refractivity (Wildman–Crippen MR) is 74.9 cm³/mol. The number of amides is 1. The molecule has 1 aromatic rings. The molecule has 1 aromatic carbocycles. The van der Waals surface area contributed by atoms with Crippen molar-refractivity contribution >= 4 is 29.0 Å². The van der Waals surface area contributed by atoms with Gasteiger partial charge in [-0.05, 0) is 18.2 Å². The number of hydrogen-bond acceptors (Lipinski definition) is 2. The number of carbonyl (C=O) groups is 2. The quantitative estimate of drug-likeness (QED) is 0.880. The van der Waals surface area contributed by atoms with Crippen molar-refractivity contribution in [3.05, 3.63) is 28.8 Å². The number of nitrogens with one attached hydrogen (secondary N) is 2. The molecule has 0 spiro atoms. The molecular formula is C14H15ClF3N2O2+. The van der Waals surface area contributed by atoms with Crippen LogP contribution in [0.3, 0.4) is 0 Å². The largest absolute Gasteiger partial charge is 0.418 e. The van der Waals surface area contributed by atoms with Crippen LogP contribution >= 0.6 is 11.6 Å². The van der Waals surface area contributed by atoms with Crippen molar-refractivity contribution in [3.63, 3.8) is 0 Å². The van der Waals surface area contributed by atoms with Gasteiger partial charge in [0, 0.05) is 5.02 Å². The second-order valence-corrected chi connectivity index (χ2v) is 5.64. The van der Waals surface area contributed by atoms with Crippen LogP contribution < -0.4 is 10.2 Å². The van der Waals surface area contributed by atoms with Gasteiger partial charge in [-0.2, -0.15) is 13.2 Å². The smallest absolute Gasteiger partial charge is 0.326 e. The molecule has 0 bridgehead atoms. The Kier molecular flexibility index (Phi) is 5.08. The minimum Gasteiger partial charge on any atom is -0.326 e. The molecule has 0 unspecified atom stereocenters. The molecular weight excluding hydrogens is 321 g/mol. The average Bonchev–Trinajstić information content (AvgIpc) is 2.42. The number of halogens is 4. The Hall–Kier alpha value is -1.60. The second kappa shape index (κ2) is 6.66. The van der Waals surface area contributed by atoms with Crippen LogP contribution in [-0.4, -0.2) is 31.3 Å². The van der Waals surface area contributed by atoms with Crippen LogP contribution in [-0.2, 0) is 15.8 Å². The molecule has 1 aliphatic heterocycles. The molecule has 1 saturated heterocycles. The lowest BCUT2D eigenvalue weighted by Gasteiger charge is -2.22. The molecule has 120 valence electrons. The van der Waals surface area contributed by atoms with Crippen LogP contribution in [0.25, 0.3) is 0 Å². The maximum absolute atomic E-state index is 12.9. The highest BCUT2D eigenvalue weighted by molar-refractivity contribution is 6.30. The second-order valence-electron chi connectivity index (χ2n) is 5.20. The van der Waals surface area contributed by atoms with Crippen molar-refractivity contribution in [2.24, 2.45) is 0 Å². The Morgan fingerprint density at radius 2 is 1.91 bits per heavy atom. The fraction of sp³-hybridized carbons (Fsp3) is 0.429. The van der Waals surface area contributed by atoms with Gasteiger partial charge in [-0.1, -0.05) is 11.6 Å². The summed E-state index contributed by atoms with van der Waals surface area (Å²) in [6.07, 6.45) is -3.80. The molecule has 1 heterocycles. The molecule has 2 rings (SSSR count). The molecule has 0 aromatic heterocycles.